The van der Waals surface area contributed by atoms with Gasteiger partial charge in [0.05, 0.1) is 11.5 Å². The molecule has 0 aromatic rings. The molecular weight excluding hydrogens is 180 g/mol. The van der Waals surface area contributed by atoms with E-state index in [0.717, 1.165) is 25.4 Å². The summed E-state index contributed by atoms with van der Waals surface area (Å²) >= 11 is 0. The molecule has 0 aromatic carbocycles. The molecule has 0 saturated heterocycles. The molecule has 2 aliphatic rings. The van der Waals surface area contributed by atoms with Crippen LogP contribution in [0.1, 0.15) is 26.7 Å². The first-order valence-corrected chi connectivity index (χ1v) is 5.15. The molecule has 78 valence electrons. The Morgan fingerprint density at radius 1 is 1.29 bits per heavy atom. The molecule has 3 heteroatoms. The van der Waals surface area contributed by atoms with E-state index in [9.17, 15) is 14.7 Å². The number of hydrogen-bond donors (Lipinski definition) is 1. The first kappa shape index (κ1) is 9.84. The Labute approximate surface area is 83.5 Å². The smallest absolute Gasteiger partial charge is 0.130 e. The molecule has 0 heterocycles. The molecule has 2 fully saturated rings. The fraction of sp³-hybridized carbons (Fsp3) is 0.818. The van der Waals surface area contributed by atoms with Crippen molar-refractivity contribution in [1.82, 2.24) is 0 Å². The van der Waals surface area contributed by atoms with Gasteiger partial charge in [-0.15, -0.1) is 0 Å². The summed E-state index contributed by atoms with van der Waals surface area (Å²) in [4.78, 5) is 22.1. The van der Waals surface area contributed by atoms with Crippen LogP contribution in [0.4, 0.5) is 0 Å². The average Bonchev–Trinajstić information content (AvgIpc) is 2.75. The zero-order valence-electron chi connectivity index (χ0n) is 8.56. The van der Waals surface area contributed by atoms with Crippen LogP contribution in [0.3, 0.4) is 0 Å². The molecule has 3 nitrogen and oxygen atoms in total. The maximum atomic E-state index is 11.1. The maximum absolute atomic E-state index is 11.1. The van der Waals surface area contributed by atoms with Gasteiger partial charge in [0.1, 0.15) is 12.6 Å². The number of fused-ring (bicyclic) bond motifs is 1. The van der Waals surface area contributed by atoms with Crippen molar-refractivity contribution >= 4 is 12.6 Å². The Morgan fingerprint density at radius 2 is 1.93 bits per heavy atom. The van der Waals surface area contributed by atoms with E-state index in [1.807, 2.05) is 6.92 Å². The zero-order chi connectivity index (χ0) is 10.6. The summed E-state index contributed by atoms with van der Waals surface area (Å²) < 4.78 is 0. The Bertz CT molecular complexity index is 288. The van der Waals surface area contributed by atoms with Crippen LogP contribution in [-0.4, -0.2) is 23.8 Å². The summed E-state index contributed by atoms with van der Waals surface area (Å²) in [7, 11) is 0. The third kappa shape index (κ3) is 0.776. The molecule has 0 aliphatic heterocycles. The highest BCUT2D eigenvalue weighted by molar-refractivity contribution is 5.83. The molecular formula is C11H16O3. The summed E-state index contributed by atoms with van der Waals surface area (Å²) in [6.45, 7) is 3.73. The van der Waals surface area contributed by atoms with Crippen molar-refractivity contribution in [3.63, 3.8) is 0 Å². The third-order valence-corrected chi connectivity index (χ3v) is 4.53. The number of hydrogen-bond acceptors (Lipinski definition) is 3. The number of carbonyl (C=O) groups excluding carboxylic acids is 2. The minimum atomic E-state index is -0.771. The van der Waals surface area contributed by atoms with Gasteiger partial charge in [-0.2, -0.15) is 0 Å². The van der Waals surface area contributed by atoms with Gasteiger partial charge in [0, 0.05) is 5.41 Å². The van der Waals surface area contributed by atoms with Gasteiger partial charge in [-0.05, 0) is 24.7 Å². The van der Waals surface area contributed by atoms with Crippen molar-refractivity contribution in [2.45, 2.75) is 32.8 Å². The lowest BCUT2D eigenvalue weighted by molar-refractivity contribution is -0.125. The SMILES string of the molecule is CC1CCC2C(C)(C=O)C2(C=O)C1O. The molecule has 0 spiro atoms. The summed E-state index contributed by atoms with van der Waals surface area (Å²) in [6.07, 6.45) is 2.81. The van der Waals surface area contributed by atoms with E-state index in [1.165, 1.54) is 0 Å². The van der Waals surface area contributed by atoms with Crippen molar-refractivity contribution < 1.29 is 14.7 Å². The molecule has 2 rings (SSSR count). The number of carbonyl (C=O) groups is 2. The largest absolute Gasteiger partial charge is 0.392 e. The molecule has 0 radical (unpaired) electrons. The molecule has 0 aromatic heterocycles. The standard InChI is InChI=1S/C11H16O3/c1-7-3-4-8-10(2,5-12)11(8,6-13)9(7)14/h5-9,14H,3-4H2,1-2H3. The minimum Gasteiger partial charge on any atom is -0.392 e. The van der Waals surface area contributed by atoms with Gasteiger partial charge in [0.25, 0.3) is 0 Å². The van der Waals surface area contributed by atoms with E-state index < -0.39 is 16.9 Å². The molecule has 0 bridgehead atoms. The Hall–Kier alpha value is -0.700. The molecule has 0 amide bonds. The monoisotopic (exact) mass is 196 g/mol. The van der Waals surface area contributed by atoms with E-state index in [-0.39, 0.29) is 11.8 Å². The van der Waals surface area contributed by atoms with Gasteiger partial charge in [-0.25, -0.2) is 0 Å². The van der Waals surface area contributed by atoms with Crippen LogP contribution in [-0.2, 0) is 9.59 Å². The Balaban J connectivity index is 2.39. The topological polar surface area (TPSA) is 54.4 Å². The summed E-state index contributed by atoms with van der Waals surface area (Å²) in [6, 6.07) is 0. The van der Waals surface area contributed by atoms with E-state index in [0.29, 0.717) is 0 Å². The fourth-order valence-electron chi connectivity index (χ4n) is 3.38. The van der Waals surface area contributed by atoms with Crippen LogP contribution in [0, 0.1) is 22.7 Å². The van der Waals surface area contributed by atoms with Gasteiger partial charge in [0.2, 0.25) is 0 Å². The second-order valence-electron chi connectivity index (χ2n) is 5.00. The average molecular weight is 196 g/mol. The Kier molecular flexibility index (Phi) is 1.87. The first-order chi connectivity index (χ1) is 6.54. The van der Waals surface area contributed by atoms with Gasteiger partial charge in [0.15, 0.2) is 0 Å². The normalized spacial score (nSPS) is 56.1. The molecule has 2 saturated carbocycles. The second-order valence-corrected chi connectivity index (χ2v) is 5.00. The number of rotatable bonds is 2. The van der Waals surface area contributed by atoms with Crippen LogP contribution in [0.5, 0.6) is 0 Å². The highest BCUT2D eigenvalue weighted by atomic mass is 16.3. The zero-order valence-corrected chi connectivity index (χ0v) is 8.56. The van der Waals surface area contributed by atoms with Crippen molar-refractivity contribution in [2.24, 2.45) is 22.7 Å². The lowest BCUT2D eigenvalue weighted by Gasteiger charge is -2.29. The quantitative estimate of drug-likeness (QED) is 0.664. The highest BCUT2D eigenvalue weighted by Crippen LogP contribution is 2.73. The van der Waals surface area contributed by atoms with Crippen molar-refractivity contribution in [3.8, 4) is 0 Å². The van der Waals surface area contributed by atoms with Crippen LogP contribution in [0.15, 0.2) is 0 Å². The predicted molar refractivity (Wildman–Crippen MR) is 50.6 cm³/mol. The number of aliphatic hydroxyl groups excluding tert-OH is 1. The highest BCUT2D eigenvalue weighted by Gasteiger charge is 2.78. The van der Waals surface area contributed by atoms with Gasteiger partial charge >= 0.3 is 0 Å². The van der Waals surface area contributed by atoms with Crippen LogP contribution in [0.2, 0.25) is 0 Å². The molecule has 2 aliphatic carbocycles. The maximum Gasteiger partial charge on any atom is 0.130 e. The Morgan fingerprint density at radius 3 is 2.43 bits per heavy atom. The van der Waals surface area contributed by atoms with Crippen molar-refractivity contribution in [2.75, 3.05) is 0 Å². The van der Waals surface area contributed by atoms with Crippen LogP contribution >= 0.6 is 0 Å². The summed E-state index contributed by atoms with van der Waals surface area (Å²) in [5, 5.41) is 10.0. The van der Waals surface area contributed by atoms with E-state index in [4.69, 9.17) is 0 Å². The molecule has 5 unspecified atom stereocenters. The summed E-state index contributed by atoms with van der Waals surface area (Å²) in [5.41, 5.74) is -1.38. The number of aldehydes is 2. The second kappa shape index (κ2) is 2.66. The van der Waals surface area contributed by atoms with Gasteiger partial charge in [-0.3, -0.25) is 0 Å². The third-order valence-electron chi connectivity index (χ3n) is 4.53. The lowest BCUT2D eigenvalue weighted by atomic mass is 9.78. The van der Waals surface area contributed by atoms with Crippen LogP contribution in [0.25, 0.3) is 0 Å². The van der Waals surface area contributed by atoms with Crippen molar-refractivity contribution in [3.05, 3.63) is 0 Å². The lowest BCUT2D eigenvalue weighted by Crippen LogP contribution is -2.37. The van der Waals surface area contributed by atoms with E-state index in [1.54, 1.807) is 6.92 Å². The summed E-state index contributed by atoms with van der Waals surface area (Å²) in [5.74, 6) is 0.189. The fourth-order valence-corrected chi connectivity index (χ4v) is 3.38. The van der Waals surface area contributed by atoms with Crippen LogP contribution < -0.4 is 0 Å². The van der Waals surface area contributed by atoms with Crippen molar-refractivity contribution in [1.29, 1.82) is 0 Å². The molecule has 5 atom stereocenters. The molecule has 1 N–H and O–H groups in total. The molecule has 14 heavy (non-hydrogen) atoms. The number of aliphatic hydroxyl groups is 1. The predicted octanol–water partition coefficient (Wildman–Crippen LogP) is 0.797. The van der Waals surface area contributed by atoms with E-state index in [2.05, 4.69) is 0 Å². The first-order valence-electron chi connectivity index (χ1n) is 5.15. The van der Waals surface area contributed by atoms with E-state index >= 15 is 0 Å². The van der Waals surface area contributed by atoms with Gasteiger partial charge < -0.3 is 14.7 Å². The van der Waals surface area contributed by atoms with Gasteiger partial charge in [-0.1, -0.05) is 13.8 Å². The minimum absolute atomic E-state index is 0.0659.